The maximum absolute atomic E-state index is 11.3. The summed E-state index contributed by atoms with van der Waals surface area (Å²) in [5, 5.41) is 24.2. The summed E-state index contributed by atoms with van der Waals surface area (Å²) >= 11 is 5.85. The third kappa shape index (κ3) is 4.54. The van der Waals surface area contributed by atoms with Crippen LogP contribution in [0.3, 0.4) is 0 Å². The largest absolute Gasteiger partial charge is 0.496 e. The number of hydrogen-bond donors (Lipinski definition) is 2. The molecule has 0 unspecified atom stereocenters. The van der Waals surface area contributed by atoms with Crippen molar-refractivity contribution in [3.05, 3.63) is 47.0 Å². The molecule has 1 saturated carbocycles. The average molecular weight is 466 g/mol. The van der Waals surface area contributed by atoms with Crippen LogP contribution < -0.4 is 10.1 Å². The molecule has 29 heavy (non-hydrogen) atoms. The standard InChI is InChI=1S/C18H17ClN6O3.Zn/c1-28-16-10(8-20-13-7-14(19)22-23-15(13)18(26)27)3-2-4-12(16)17-21-9-25(24-17)11-5-6-11;/h2-4,7,9,11H,5-6,8H2,1H3,(H,20,22)(H,26,27);. The second-order valence-electron chi connectivity index (χ2n) is 6.37. The second-order valence-corrected chi connectivity index (χ2v) is 6.75. The van der Waals surface area contributed by atoms with E-state index in [4.69, 9.17) is 16.3 Å². The first-order valence-electron chi connectivity index (χ1n) is 8.64. The predicted octanol–water partition coefficient (Wildman–Crippen LogP) is 3.04. The van der Waals surface area contributed by atoms with E-state index in [-0.39, 0.29) is 36.0 Å². The third-order valence-electron chi connectivity index (χ3n) is 4.41. The first kappa shape index (κ1) is 21.1. The molecule has 2 heterocycles. The van der Waals surface area contributed by atoms with Gasteiger partial charge in [0.05, 0.1) is 24.4 Å². The minimum atomic E-state index is -1.19. The SMILES string of the molecule is COc1c(CNc2cc(Cl)nnc2C(=O)O)cccc1-c1ncn(C2CC2)n1.[Zn]. The molecule has 0 aliphatic heterocycles. The van der Waals surface area contributed by atoms with E-state index in [1.54, 1.807) is 13.4 Å². The Hall–Kier alpha value is -2.58. The molecule has 11 heteroatoms. The van der Waals surface area contributed by atoms with Crippen LogP contribution in [0.2, 0.25) is 5.15 Å². The molecule has 9 nitrogen and oxygen atoms in total. The number of carboxylic acid groups (broad SMARTS) is 1. The van der Waals surface area contributed by atoms with Gasteiger partial charge in [-0.1, -0.05) is 23.7 Å². The van der Waals surface area contributed by atoms with Crippen LogP contribution in [-0.2, 0) is 26.0 Å². The van der Waals surface area contributed by atoms with Crippen LogP contribution in [0.15, 0.2) is 30.6 Å². The molecule has 3 aromatic rings. The van der Waals surface area contributed by atoms with E-state index in [1.165, 1.54) is 6.07 Å². The summed E-state index contributed by atoms with van der Waals surface area (Å²) in [4.78, 5) is 15.7. The minimum Gasteiger partial charge on any atom is -0.496 e. The molecule has 1 aromatic carbocycles. The Labute approximate surface area is 184 Å². The van der Waals surface area contributed by atoms with Crippen LogP contribution in [0, 0.1) is 0 Å². The van der Waals surface area contributed by atoms with Gasteiger partial charge < -0.3 is 15.2 Å². The summed E-state index contributed by atoms with van der Waals surface area (Å²) in [7, 11) is 1.58. The number of aromatic nitrogens is 5. The Balaban J connectivity index is 0.00000240. The van der Waals surface area contributed by atoms with Crippen molar-refractivity contribution in [3.8, 4) is 17.1 Å². The first-order chi connectivity index (χ1) is 13.6. The van der Waals surface area contributed by atoms with E-state index in [0.29, 0.717) is 24.2 Å². The molecule has 2 N–H and O–H groups in total. The van der Waals surface area contributed by atoms with Crippen molar-refractivity contribution in [3.63, 3.8) is 0 Å². The number of ether oxygens (including phenoxy) is 1. The Morgan fingerprint density at radius 2 is 2.17 bits per heavy atom. The minimum absolute atomic E-state index is 0. The average Bonchev–Trinajstić information content (AvgIpc) is 3.42. The molecule has 1 fully saturated rings. The number of carboxylic acids is 1. The van der Waals surface area contributed by atoms with Crippen molar-refractivity contribution in [2.45, 2.75) is 25.4 Å². The van der Waals surface area contributed by atoms with E-state index in [2.05, 4.69) is 25.6 Å². The van der Waals surface area contributed by atoms with Gasteiger partial charge >= 0.3 is 5.97 Å². The zero-order valence-corrected chi connectivity index (χ0v) is 19.4. The molecule has 0 bridgehead atoms. The van der Waals surface area contributed by atoms with Gasteiger partial charge in [-0.25, -0.2) is 14.5 Å². The number of nitrogens with one attached hydrogen (secondary N) is 1. The van der Waals surface area contributed by atoms with E-state index >= 15 is 0 Å². The van der Waals surface area contributed by atoms with Crippen molar-refractivity contribution >= 4 is 23.3 Å². The van der Waals surface area contributed by atoms with Crippen LogP contribution >= 0.6 is 11.6 Å². The molecule has 0 saturated heterocycles. The number of anilines is 1. The van der Waals surface area contributed by atoms with Crippen molar-refractivity contribution in [1.29, 1.82) is 0 Å². The molecular formula is C18H17ClN6O3Zn. The maximum atomic E-state index is 11.3. The van der Waals surface area contributed by atoms with Gasteiger partial charge in [0.25, 0.3) is 0 Å². The van der Waals surface area contributed by atoms with Crippen molar-refractivity contribution in [2.24, 2.45) is 0 Å². The fourth-order valence-electron chi connectivity index (χ4n) is 2.91. The normalized spacial score (nSPS) is 12.9. The number of benzene rings is 1. The van der Waals surface area contributed by atoms with E-state index in [9.17, 15) is 9.90 Å². The summed E-state index contributed by atoms with van der Waals surface area (Å²) in [6.45, 7) is 0.294. The Morgan fingerprint density at radius 3 is 2.86 bits per heavy atom. The number of nitrogens with zero attached hydrogens (tertiary/aromatic N) is 5. The van der Waals surface area contributed by atoms with Crippen molar-refractivity contribution in [1.82, 2.24) is 25.0 Å². The monoisotopic (exact) mass is 464 g/mol. The van der Waals surface area contributed by atoms with Crippen LogP contribution in [0.25, 0.3) is 11.4 Å². The maximum Gasteiger partial charge on any atom is 0.358 e. The van der Waals surface area contributed by atoms with E-state index in [0.717, 1.165) is 24.0 Å². The summed E-state index contributed by atoms with van der Waals surface area (Å²) in [5.74, 6) is 0.0150. The number of hydrogen-bond acceptors (Lipinski definition) is 7. The van der Waals surface area contributed by atoms with Crippen LogP contribution in [0.5, 0.6) is 5.75 Å². The third-order valence-corrected chi connectivity index (χ3v) is 4.59. The molecule has 1 aliphatic rings. The van der Waals surface area contributed by atoms with Gasteiger partial charge in [0.1, 0.15) is 12.1 Å². The predicted molar refractivity (Wildman–Crippen MR) is 102 cm³/mol. The fraction of sp³-hybridized carbons (Fsp3) is 0.278. The second kappa shape index (κ2) is 8.84. The number of para-hydroxylation sites is 1. The Bertz CT molecular complexity index is 1040. The van der Waals surface area contributed by atoms with Gasteiger partial charge in [0, 0.05) is 37.7 Å². The van der Waals surface area contributed by atoms with Crippen molar-refractivity contribution < 1.29 is 34.1 Å². The van der Waals surface area contributed by atoms with Gasteiger partial charge in [-0.3, -0.25) is 0 Å². The number of aromatic carboxylic acids is 1. The van der Waals surface area contributed by atoms with E-state index < -0.39 is 5.97 Å². The quantitative estimate of drug-likeness (QED) is 0.511. The zero-order chi connectivity index (χ0) is 19.7. The zero-order valence-electron chi connectivity index (χ0n) is 15.7. The van der Waals surface area contributed by atoms with Gasteiger partial charge in [-0.2, -0.15) is 5.10 Å². The van der Waals surface area contributed by atoms with Crippen molar-refractivity contribution in [2.75, 3.05) is 12.4 Å². The summed E-state index contributed by atoms with van der Waals surface area (Å²) in [6, 6.07) is 7.51. The molecule has 1 aliphatic carbocycles. The number of methoxy groups -OCH3 is 1. The molecule has 0 spiro atoms. The first-order valence-corrected chi connectivity index (χ1v) is 9.02. The summed E-state index contributed by atoms with van der Waals surface area (Å²) in [6.07, 6.45) is 3.98. The van der Waals surface area contributed by atoms with Gasteiger partial charge in [0.15, 0.2) is 16.7 Å². The van der Waals surface area contributed by atoms with E-state index in [1.807, 2.05) is 22.9 Å². The number of halogens is 1. The van der Waals surface area contributed by atoms with Gasteiger partial charge in [0.2, 0.25) is 0 Å². The van der Waals surface area contributed by atoms with Crippen LogP contribution in [0.4, 0.5) is 5.69 Å². The smallest absolute Gasteiger partial charge is 0.358 e. The molecule has 2 aromatic heterocycles. The Kier molecular flexibility index (Phi) is 6.44. The molecule has 0 atom stereocenters. The molecule has 146 valence electrons. The van der Waals surface area contributed by atoms with Crippen LogP contribution in [0.1, 0.15) is 34.9 Å². The summed E-state index contributed by atoms with van der Waals surface area (Å²) in [5.41, 5.74) is 1.65. The fourth-order valence-corrected chi connectivity index (χ4v) is 3.05. The molecule has 4 rings (SSSR count). The number of rotatable bonds is 7. The molecular weight excluding hydrogens is 449 g/mol. The topological polar surface area (TPSA) is 115 Å². The van der Waals surface area contributed by atoms with Gasteiger partial charge in [-0.05, 0) is 18.9 Å². The van der Waals surface area contributed by atoms with Crippen LogP contribution in [-0.4, -0.2) is 43.1 Å². The summed E-state index contributed by atoms with van der Waals surface area (Å²) < 4.78 is 7.48. The van der Waals surface area contributed by atoms with Gasteiger partial charge in [-0.15, -0.1) is 10.2 Å². The molecule has 0 radical (unpaired) electrons. The molecule has 0 amide bonds. The Morgan fingerprint density at radius 1 is 1.38 bits per heavy atom. The number of carbonyl (C=O) groups is 1.